The molecule has 4 rings (SSSR count). The summed E-state index contributed by atoms with van der Waals surface area (Å²) in [7, 11) is 0. The lowest BCUT2D eigenvalue weighted by Crippen LogP contribution is -2.51. The predicted molar refractivity (Wildman–Crippen MR) is 141 cm³/mol. The zero-order valence-electron chi connectivity index (χ0n) is 22.3. The molecule has 1 aliphatic carbocycles. The van der Waals surface area contributed by atoms with Gasteiger partial charge in [-0.1, -0.05) is 0 Å². The number of nitrogens with zero attached hydrogens (tertiary/aromatic N) is 4. The first-order valence-electron chi connectivity index (χ1n) is 13.4. The van der Waals surface area contributed by atoms with Crippen LogP contribution in [0.2, 0.25) is 0 Å². The van der Waals surface area contributed by atoms with E-state index in [0.29, 0.717) is 18.0 Å². The number of ether oxygens (including phenoxy) is 1. The van der Waals surface area contributed by atoms with Crippen LogP contribution < -0.4 is 10.2 Å². The van der Waals surface area contributed by atoms with E-state index in [0.717, 1.165) is 55.9 Å². The number of nitrogens with one attached hydrogen (secondary N) is 1. The second kappa shape index (κ2) is 11.1. The largest absolute Gasteiger partial charge is 0.419 e. The smallest absolute Gasteiger partial charge is 0.378 e. The number of pyridine rings is 1. The minimum Gasteiger partial charge on any atom is -0.378 e. The average Bonchev–Trinajstić information content (AvgIpc) is 3.01. The van der Waals surface area contributed by atoms with Crippen LogP contribution in [0.15, 0.2) is 12.3 Å². The van der Waals surface area contributed by atoms with Gasteiger partial charge in [0.05, 0.1) is 23.6 Å². The summed E-state index contributed by atoms with van der Waals surface area (Å²) >= 11 is 5.66. The van der Waals surface area contributed by atoms with Crippen LogP contribution in [-0.4, -0.2) is 57.3 Å². The highest BCUT2D eigenvalue weighted by atomic mass is 32.1. The molecule has 7 nitrogen and oxygen atoms in total. The third kappa shape index (κ3) is 5.82. The van der Waals surface area contributed by atoms with Gasteiger partial charge in [0.15, 0.2) is 10.8 Å². The Morgan fingerprint density at radius 1 is 1.21 bits per heavy atom. The summed E-state index contributed by atoms with van der Waals surface area (Å²) in [5.41, 5.74) is -3.03. The Bertz CT molecular complexity index is 1090. The zero-order valence-corrected chi connectivity index (χ0v) is 23.2. The Morgan fingerprint density at radius 3 is 2.42 bits per heavy atom. The number of hydrogen-bond acceptors (Lipinski definition) is 6. The fraction of sp³-hybridized carbons (Fsp3) is 0.704. The van der Waals surface area contributed by atoms with Gasteiger partial charge in [-0.25, -0.2) is 4.98 Å². The van der Waals surface area contributed by atoms with E-state index in [2.05, 4.69) is 24.1 Å². The van der Waals surface area contributed by atoms with Crippen LogP contribution in [0.5, 0.6) is 0 Å². The molecule has 1 N–H and O–H groups in total. The molecular weight excluding hydrogens is 515 g/mol. The third-order valence-electron chi connectivity index (χ3n) is 8.10. The first kappa shape index (κ1) is 28.7. The molecule has 1 saturated carbocycles. The SMILES string of the molecule is C[C@@H]1CC(CCOC2CCC(N3C(=S)N(c4cnc(C#N)c(C(F)(F)F)c4)C(=O)C3(C)C)CC2)C[C@H](C)N1. The molecular formula is C27H36F3N5O2S. The maximum absolute atomic E-state index is 13.5. The Hall–Kier alpha value is -2.29. The number of hydrogen-bond donors (Lipinski definition) is 1. The summed E-state index contributed by atoms with van der Waals surface area (Å²) in [6.45, 7) is 8.69. The van der Waals surface area contributed by atoms with Crippen molar-refractivity contribution in [3.8, 4) is 6.07 Å². The van der Waals surface area contributed by atoms with Gasteiger partial charge in [-0.15, -0.1) is 0 Å². The van der Waals surface area contributed by atoms with Gasteiger partial charge < -0.3 is 15.0 Å². The highest BCUT2D eigenvalue weighted by molar-refractivity contribution is 7.80. The van der Waals surface area contributed by atoms with Crippen LogP contribution in [0.1, 0.15) is 83.9 Å². The minimum absolute atomic E-state index is 0.0224. The minimum atomic E-state index is -4.78. The average molecular weight is 552 g/mol. The van der Waals surface area contributed by atoms with E-state index >= 15 is 0 Å². The van der Waals surface area contributed by atoms with Crippen LogP contribution in [-0.2, 0) is 15.7 Å². The van der Waals surface area contributed by atoms with E-state index < -0.39 is 28.9 Å². The molecule has 2 saturated heterocycles. The molecule has 3 atom stereocenters. The van der Waals surface area contributed by atoms with E-state index in [1.165, 1.54) is 18.9 Å². The summed E-state index contributed by atoms with van der Waals surface area (Å²) in [5, 5.41) is 12.8. The fourth-order valence-electron chi connectivity index (χ4n) is 6.36. The molecule has 0 spiro atoms. The lowest BCUT2D eigenvalue weighted by atomic mass is 9.87. The normalized spacial score (nSPS) is 30.0. The van der Waals surface area contributed by atoms with Crippen molar-refractivity contribution < 1.29 is 22.7 Å². The Morgan fingerprint density at radius 2 is 1.84 bits per heavy atom. The number of amides is 1. The second-order valence-electron chi connectivity index (χ2n) is 11.4. The van der Waals surface area contributed by atoms with Crippen molar-refractivity contribution in [3.05, 3.63) is 23.5 Å². The van der Waals surface area contributed by atoms with Gasteiger partial charge in [-0.05, 0) is 96.8 Å². The highest BCUT2D eigenvalue weighted by Crippen LogP contribution is 2.40. The van der Waals surface area contributed by atoms with Gasteiger partial charge >= 0.3 is 6.18 Å². The van der Waals surface area contributed by atoms with Gasteiger partial charge in [0, 0.05) is 24.7 Å². The van der Waals surface area contributed by atoms with E-state index in [1.54, 1.807) is 13.8 Å². The number of thiocarbonyl (C=S) groups is 1. The van der Waals surface area contributed by atoms with Gasteiger partial charge in [0.25, 0.3) is 5.91 Å². The quantitative estimate of drug-likeness (QED) is 0.488. The number of piperidine rings is 1. The van der Waals surface area contributed by atoms with Gasteiger partial charge in [0.2, 0.25) is 0 Å². The predicted octanol–water partition coefficient (Wildman–Crippen LogP) is 5.18. The monoisotopic (exact) mass is 551 g/mol. The molecule has 1 aromatic heterocycles. The molecule has 0 aromatic carbocycles. The number of rotatable bonds is 6. The molecule has 1 aromatic rings. The van der Waals surface area contributed by atoms with Gasteiger partial charge in [-0.3, -0.25) is 9.69 Å². The first-order valence-corrected chi connectivity index (χ1v) is 13.8. The summed E-state index contributed by atoms with van der Waals surface area (Å²) in [4.78, 5) is 20.1. The Kier molecular flexibility index (Phi) is 8.36. The zero-order chi connectivity index (χ0) is 27.8. The maximum atomic E-state index is 13.5. The van der Waals surface area contributed by atoms with Crippen LogP contribution in [0, 0.1) is 17.2 Å². The Balaban J connectivity index is 1.39. The summed E-state index contributed by atoms with van der Waals surface area (Å²) in [6, 6.07) is 3.30. The van der Waals surface area contributed by atoms with Crippen molar-refractivity contribution in [1.82, 2.24) is 15.2 Å². The number of alkyl halides is 3. The van der Waals surface area contributed by atoms with Crippen molar-refractivity contribution in [2.45, 2.75) is 109 Å². The van der Waals surface area contributed by atoms with Crippen molar-refractivity contribution in [1.29, 1.82) is 5.26 Å². The number of carbonyl (C=O) groups is 1. The van der Waals surface area contributed by atoms with Gasteiger partial charge in [0.1, 0.15) is 11.6 Å². The van der Waals surface area contributed by atoms with E-state index in [9.17, 15) is 18.0 Å². The summed E-state index contributed by atoms with van der Waals surface area (Å²) in [6.07, 6.45) is 3.10. The number of halogens is 3. The second-order valence-corrected chi connectivity index (χ2v) is 11.8. The Labute approximate surface area is 227 Å². The van der Waals surface area contributed by atoms with Crippen molar-refractivity contribution >= 4 is 28.9 Å². The molecule has 0 radical (unpaired) electrons. The first-order chi connectivity index (χ1) is 17.8. The summed E-state index contributed by atoms with van der Waals surface area (Å²) < 4.78 is 46.8. The van der Waals surface area contributed by atoms with Crippen LogP contribution in [0.25, 0.3) is 0 Å². The molecule has 3 aliphatic rings. The van der Waals surface area contributed by atoms with E-state index in [1.807, 2.05) is 4.90 Å². The van der Waals surface area contributed by atoms with Crippen LogP contribution in [0.3, 0.4) is 0 Å². The fourth-order valence-corrected chi connectivity index (χ4v) is 6.92. The van der Waals surface area contributed by atoms with Crippen LogP contribution in [0.4, 0.5) is 18.9 Å². The molecule has 11 heteroatoms. The lowest BCUT2D eigenvalue weighted by Gasteiger charge is -2.41. The topological polar surface area (TPSA) is 81.5 Å². The molecule has 1 unspecified atom stereocenters. The number of aromatic nitrogens is 1. The molecule has 3 fully saturated rings. The number of carbonyl (C=O) groups excluding carboxylic acids is 1. The van der Waals surface area contributed by atoms with Crippen LogP contribution >= 0.6 is 12.2 Å². The van der Waals surface area contributed by atoms with Crippen molar-refractivity contribution in [2.24, 2.45) is 5.92 Å². The maximum Gasteiger partial charge on any atom is 0.419 e. The molecule has 0 bridgehead atoms. The number of anilines is 1. The number of nitriles is 1. The lowest BCUT2D eigenvalue weighted by molar-refractivity contribution is -0.138. The molecule has 2 aliphatic heterocycles. The highest BCUT2D eigenvalue weighted by Gasteiger charge is 2.52. The molecule has 3 heterocycles. The van der Waals surface area contributed by atoms with E-state index in [4.69, 9.17) is 22.2 Å². The van der Waals surface area contributed by atoms with Crippen molar-refractivity contribution in [3.63, 3.8) is 0 Å². The standard InChI is InChI=1S/C27H36F3N5O2S/c1-16-11-18(12-17(2)33-16)9-10-37-21-7-5-19(6-8-21)35-25(38)34(24(36)26(35,3)4)20-13-22(27(28,29)30)23(14-31)32-15-20/h13,15-19,21,33H,5-12H2,1-4H3/t16-,17+,18?,19?,21?. The molecule has 208 valence electrons. The molecule has 1 amide bonds. The van der Waals surface area contributed by atoms with Gasteiger partial charge in [-0.2, -0.15) is 18.4 Å². The van der Waals surface area contributed by atoms with Crippen molar-refractivity contribution in [2.75, 3.05) is 11.5 Å². The third-order valence-corrected chi connectivity index (χ3v) is 8.48. The molecule has 38 heavy (non-hydrogen) atoms. The summed E-state index contributed by atoms with van der Waals surface area (Å²) in [5.74, 6) is 0.262. The van der Waals surface area contributed by atoms with E-state index in [-0.39, 0.29) is 22.9 Å².